The van der Waals surface area contributed by atoms with Crippen molar-refractivity contribution in [3.05, 3.63) is 35.4 Å². The number of aryl methyl sites for hydroxylation is 1. The van der Waals surface area contributed by atoms with Gasteiger partial charge in [-0.05, 0) is 53.0 Å². The number of hydrogen-bond donors (Lipinski definition) is 1. The zero-order valence-corrected chi connectivity index (χ0v) is 15.8. The highest BCUT2D eigenvalue weighted by atomic mass is 16.6. The maximum Gasteiger partial charge on any atom is 0.410 e. The first-order valence-corrected chi connectivity index (χ1v) is 9.05. The van der Waals surface area contributed by atoms with Crippen LogP contribution < -0.4 is 5.32 Å². The van der Waals surface area contributed by atoms with Crippen molar-refractivity contribution in [3.63, 3.8) is 0 Å². The lowest BCUT2D eigenvalue weighted by atomic mass is 10.0. The largest absolute Gasteiger partial charge is 0.444 e. The fourth-order valence-electron chi connectivity index (χ4n) is 3.08. The van der Waals surface area contributed by atoms with E-state index < -0.39 is 5.60 Å². The molecule has 4 nitrogen and oxygen atoms in total. The maximum absolute atomic E-state index is 12.4. The average molecular weight is 332 g/mol. The van der Waals surface area contributed by atoms with Gasteiger partial charge in [0.25, 0.3) is 0 Å². The molecule has 24 heavy (non-hydrogen) atoms. The lowest BCUT2D eigenvalue weighted by Gasteiger charge is -2.30. The Morgan fingerprint density at radius 3 is 2.54 bits per heavy atom. The average Bonchev–Trinajstić information content (AvgIpc) is 2.72. The summed E-state index contributed by atoms with van der Waals surface area (Å²) >= 11 is 0. The molecule has 0 aromatic heterocycles. The summed E-state index contributed by atoms with van der Waals surface area (Å²) in [5.41, 5.74) is 2.12. The second kappa shape index (κ2) is 8.02. The second-order valence-corrected chi connectivity index (χ2v) is 7.92. The smallest absolute Gasteiger partial charge is 0.410 e. The Kier molecular flexibility index (Phi) is 6.27. The van der Waals surface area contributed by atoms with E-state index in [0.717, 1.165) is 25.8 Å². The van der Waals surface area contributed by atoms with Crippen LogP contribution in [-0.2, 0) is 4.74 Å². The highest BCUT2D eigenvalue weighted by Gasteiger charge is 2.27. The van der Waals surface area contributed by atoms with Crippen LogP contribution in [0.25, 0.3) is 0 Å². The Labute approximate surface area is 146 Å². The van der Waals surface area contributed by atoms with Crippen LogP contribution in [0.1, 0.15) is 64.1 Å². The highest BCUT2D eigenvalue weighted by molar-refractivity contribution is 5.68. The quantitative estimate of drug-likeness (QED) is 0.890. The van der Waals surface area contributed by atoms with E-state index in [0.29, 0.717) is 12.6 Å². The number of nitrogens with one attached hydrogen (secondary N) is 1. The fourth-order valence-corrected chi connectivity index (χ4v) is 3.08. The van der Waals surface area contributed by atoms with Gasteiger partial charge in [-0.2, -0.15) is 0 Å². The summed E-state index contributed by atoms with van der Waals surface area (Å²) in [5, 5.41) is 3.69. The molecule has 0 radical (unpaired) electrons. The van der Waals surface area contributed by atoms with Crippen molar-refractivity contribution in [3.8, 4) is 0 Å². The van der Waals surface area contributed by atoms with Crippen molar-refractivity contribution in [2.75, 3.05) is 13.1 Å². The van der Waals surface area contributed by atoms with Gasteiger partial charge in [-0.1, -0.05) is 36.2 Å². The molecule has 1 fully saturated rings. The van der Waals surface area contributed by atoms with Crippen LogP contribution in [0.2, 0.25) is 0 Å². The molecule has 1 amide bonds. The van der Waals surface area contributed by atoms with Gasteiger partial charge in [-0.25, -0.2) is 4.79 Å². The van der Waals surface area contributed by atoms with Crippen LogP contribution >= 0.6 is 0 Å². The summed E-state index contributed by atoms with van der Waals surface area (Å²) in [6.07, 6.45) is 3.07. The summed E-state index contributed by atoms with van der Waals surface area (Å²) in [4.78, 5) is 14.2. The topological polar surface area (TPSA) is 41.6 Å². The highest BCUT2D eigenvalue weighted by Crippen LogP contribution is 2.19. The van der Waals surface area contributed by atoms with Crippen molar-refractivity contribution in [1.82, 2.24) is 10.2 Å². The standard InChI is InChI=1S/C20H32N2O2/c1-15-9-11-17(12-10-15)16(2)21-18-8-6-7-13-22(14-18)19(23)24-20(3,4)5/h9-12,16,18,21H,6-8,13-14H2,1-5H3. The van der Waals surface area contributed by atoms with Crippen molar-refractivity contribution < 1.29 is 9.53 Å². The Bertz CT molecular complexity index is 534. The number of rotatable bonds is 3. The van der Waals surface area contributed by atoms with Crippen molar-refractivity contribution >= 4 is 6.09 Å². The van der Waals surface area contributed by atoms with Gasteiger partial charge in [0.1, 0.15) is 5.60 Å². The number of benzene rings is 1. The van der Waals surface area contributed by atoms with E-state index in [1.54, 1.807) is 0 Å². The van der Waals surface area contributed by atoms with E-state index in [4.69, 9.17) is 4.74 Å². The number of nitrogens with zero attached hydrogens (tertiary/aromatic N) is 1. The van der Waals surface area contributed by atoms with Gasteiger partial charge < -0.3 is 15.0 Å². The molecule has 1 N–H and O–H groups in total. The van der Waals surface area contributed by atoms with Gasteiger partial charge >= 0.3 is 6.09 Å². The number of carbonyl (C=O) groups excluding carboxylic acids is 1. The molecule has 1 aliphatic rings. The number of hydrogen-bond acceptors (Lipinski definition) is 3. The minimum Gasteiger partial charge on any atom is -0.444 e. The molecule has 2 rings (SSSR count). The zero-order valence-electron chi connectivity index (χ0n) is 15.8. The lowest BCUT2D eigenvalue weighted by molar-refractivity contribution is 0.0242. The predicted octanol–water partition coefficient (Wildman–Crippen LogP) is 4.44. The summed E-state index contributed by atoms with van der Waals surface area (Å²) in [6.45, 7) is 11.5. The van der Waals surface area contributed by atoms with E-state index in [9.17, 15) is 4.79 Å². The molecule has 1 aromatic rings. The van der Waals surface area contributed by atoms with Gasteiger partial charge in [0.2, 0.25) is 0 Å². The molecule has 1 aromatic carbocycles. The van der Waals surface area contributed by atoms with E-state index in [1.807, 2.05) is 25.7 Å². The first kappa shape index (κ1) is 18.8. The SMILES string of the molecule is Cc1ccc(C(C)NC2CCCCN(C(=O)OC(C)(C)C)C2)cc1. The van der Waals surface area contributed by atoms with Crippen LogP contribution in [0.5, 0.6) is 0 Å². The molecular formula is C20H32N2O2. The predicted molar refractivity (Wildman–Crippen MR) is 98.2 cm³/mol. The third-order valence-electron chi connectivity index (χ3n) is 4.39. The number of ether oxygens (including phenoxy) is 1. The Morgan fingerprint density at radius 2 is 1.92 bits per heavy atom. The number of likely N-dealkylation sites (tertiary alicyclic amines) is 1. The van der Waals surface area contributed by atoms with Gasteiger partial charge in [-0.15, -0.1) is 0 Å². The fraction of sp³-hybridized carbons (Fsp3) is 0.650. The molecular weight excluding hydrogens is 300 g/mol. The summed E-state index contributed by atoms with van der Waals surface area (Å²) in [5.74, 6) is 0. The van der Waals surface area contributed by atoms with Crippen LogP contribution in [0.15, 0.2) is 24.3 Å². The van der Waals surface area contributed by atoms with E-state index in [1.165, 1.54) is 11.1 Å². The molecule has 1 heterocycles. The summed E-state index contributed by atoms with van der Waals surface area (Å²) < 4.78 is 5.54. The van der Waals surface area contributed by atoms with Gasteiger partial charge in [0.05, 0.1) is 0 Å². The van der Waals surface area contributed by atoms with Gasteiger partial charge in [0.15, 0.2) is 0 Å². The molecule has 2 unspecified atom stereocenters. The molecule has 134 valence electrons. The van der Waals surface area contributed by atoms with E-state index >= 15 is 0 Å². The van der Waals surface area contributed by atoms with Crippen LogP contribution in [0.4, 0.5) is 4.79 Å². The number of carbonyl (C=O) groups is 1. The summed E-state index contributed by atoms with van der Waals surface area (Å²) in [7, 11) is 0. The van der Waals surface area contributed by atoms with Crippen molar-refractivity contribution in [2.45, 2.75) is 71.6 Å². The Balaban J connectivity index is 1.96. The first-order valence-electron chi connectivity index (χ1n) is 9.05. The molecule has 1 aliphatic heterocycles. The monoisotopic (exact) mass is 332 g/mol. The van der Waals surface area contributed by atoms with Crippen LogP contribution in [0, 0.1) is 6.92 Å². The molecule has 0 bridgehead atoms. The normalized spacial score (nSPS) is 20.4. The lowest BCUT2D eigenvalue weighted by Crippen LogP contribution is -2.45. The van der Waals surface area contributed by atoms with E-state index in [2.05, 4.69) is 43.4 Å². The van der Waals surface area contributed by atoms with E-state index in [-0.39, 0.29) is 12.1 Å². The van der Waals surface area contributed by atoms with Crippen LogP contribution in [0.3, 0.4) is 0 Å². The second-order valence-electron chi connectivity index (χ2n) is 7.92. The zero-order chi connectivity index (χ0) is 17.7. The van der Waals surface area contributed by atoms with Gasteiger partial charge in [0, 0.05) is 25.2 Å². The molecule has 0 spiro atoms. The molecule has 0 saturated carbocycles. The molecule has 4 heteroatoms. The van der Waals surface area contributed by atoms with Crippen molar-refractivity contribution in [1.29, 1.82) is 0 Å². The minimum atomic E-state index is -0.443. The van der Waals surface area contributed by atoms with Crippen LogP contribution in [-0.4, -0.2) is 35.7 Å². The molecule has 1 saturated heterocycles. The third kappa shape index (κ3) is 5.82. The molecule has 2 atom stereocenters. The summed E-state index contributed by atoms with van der Waals surface area (Å²) in [6, 6.07) is 9.22. The Morgan fingerprint density at radius 1 is 1.25 bits per heavy atom. The maximum atomic E-state index is 12.4. The first-order chi connectivity index (χ1) is 11.2. The van der Waals surface area contributed by atoms with Crippen molar-refractivity contribution in [2.24, 2.45) is 0 Å². The number of amides is 1. The van der Waals surface area contributed by atoms with Gasteiger partial charge in [-0.3, -0.25) is 0 Å². The Hall–Kier alpha value is -1.55. The third-order valence-corrected chi connectivity index (χ3v) is 4.39. The minimum absolute atomic E-state index is 0.195. The molecule has 0 aliphatic carbocycles.